The van der Waals surface area contributed by atoms with Gasteiger partial charge >= 0.3 is 5.69 Å². The molecule has 0 saturated carbocycles. The van der Waals surface area contributed by atoms with Crippen LogP contribution in [0.15, 0.2) is 21.7 Å². The maximum atomic E-state index is 12.9. The first-order valence-electron chi connectivity index (χ1n) is 10.0. The summed E-state index contributed by atoms with van der Waals surface area (Å²) in [6.07, 6.45) is 2.97. The van der Waals surface area contributed by atoms with Gasteiger partial charge < -0.3 is 24.2 Å². The third-order valence-corrected chi connectivity index (χ3v) is 5.48. The van der Waals surface area contributed by atoms with E-state index >= 15 is 0 Å². The maximum absolute atomic E-state index is 12.9. The van der Waals surface area contributed by atoms with Gasteiger partial charge in [0, 0.05) is 40.2 Å². The van der Waals surface area contributed by atoms with Crippen molar-refractivity contribution in [3.8, 4) is 23.1 Å². The highest BCUT2D eigenvalue weighted by molar-refractivity contribution is 6.08. The van der Waals surface area contributed by atoms with Gasteiger partial charge in [-0.1, -0.05) is 0 Å². The van der Waals surface area contributed by atoms with Gasteiger partial charge in [0.1, 0.15) is 5.56 Å². The van der Waals surface area contributed by atoms with Crippen LogP contribution in [-0.4, -0.2) is 58.3 Å². The zero-order valence-corrected chi connectivity index (χ0v) is 19.0. The van der Waals surface area contributed by atoms with E-state index in [0.29, 0.717) is 41.3 Å². The zero-order valence-electron chi connectivity index (χ0n) is 19.0. The lowest BCUT2D eigenvalue weighted by atomic mass is 10.00. The molecule has 0 radical (unpaired) electrons. The van der Waals surface area contributed by atoms with Crippen LogP contribution in [0, 0.1) is 0 Å². The van der Waals surface area contributed by atoms with E-state index in [-0.39, 0.29) is 12.7 Å². The molecule has 0 saturated heterocycles. The SMILES string of the molecule is COc1c(C=CC(=O)c2c(O)n(C)c(=O)n(C)c2=O)c(CCN(C)C(C)=O)cc2c1OCO2. The van der Waals surface area contributed by atoms with Crippen LogP contribution in [0.2, 0.25) is 0 Å². The van der Waals surface area contributed by atoms with Crippen LogP contribution in [-0.2, 0) is 25.3 Å². The lowest BCUT2D eigenvalue weighted by Crippen LogP contribution is -2.39. The minimum Gasteiger partial charge on any atom is -0.494 e. The number of methoxy groups -OCH3 is 1. The van der Waals surface area contributed by atoms with Gasteiger partial charge in [0.15, 0.2) is 17.3 Å². The van der Waals surface area contributed by atoms with Crippen molar-refractivity contribution in [3.05, 3.63) is 49.7 Å². The summed E-state index contributed by atoms with van der Waals surface area (Å²) in [4.78, 5) is 50.4. The quantitative estimate of drug-likeness (QED) is 0.467. The Morgan fingerprint density at radius 1 is 1.24 bits per heavy atom. The molecule has 1 aromatic carbocycles. The lowest BCUT2D eigenvalue weighted by Gasteiger charge is -2.18. The molecule has 0 bridgehead atoms. The highest BCUT2D eigenvalue weighted by Gasteiger charge is 2.25. The molecule has 1 N–H and O–H groups in total. The topological polar surface area (TPSA) is 129 Å². The number of nitrogens with zero attached hydrogens (tertiary/aromatic N) is 3. The maximum Gasteiger partial charge on any atom is 0.333 e. The van der Waals surface area contributed by atoms with E-state index in [2.05, 4.69) is 0 Å². The van der Waals surface area contributed by atoms with E-state index in [0.717, 1.165) is 15.2 Å². The first-order chi connectivity index (χ1) is 15.6. The molecular weight excluding hydrogens is 434 g/mol. The number of allylic oxidation sites excluding steroid dienone is 1. The fourth-order valence-corrected chi connectivity index (χ4v) is 3.41. The first-order valence-corrected chi connectivity index (χ1v) is 10.0. The normalized spacial score (nSPS) is 12.3. The molecule has 11 nitrogen and oxygen atoms in total. The van der Waals surface area contributed by atoms with E-state index in [4.69, 9.17) is 14.2 Å². The highest BCUT2D eigenvalue weighted by atomic mass is 16.7. The average molecular weight is 459 g/mol. The van der Waals surface area contributed by atoms with Gasteiger partial charge in [-0.3, -0.25) is 23.5 Å². The Hall–Kier alpha value is -4.02. The van der Waals surface area contributed by atoms with Gasteiger partial charge in [-0.05, 0) is 30.2 Å². The lowest BCUT2D eigenvalue weighted by molar-refractivity contribution is -0.127. The van der Waals surface area contributed by atoms with Gasteiger partial charge in [-0.2, -0.15) is 0 Å². The smallest absolute Gasteiger partial charge is 0.333 e. The molecule has 1 aliphatic heterocycles. The van der Waals surface area contributed by atoms with E-state index < -0.39 is 28.5 Å². The van der Waals surface area contributed by atoms with Crippen LogP contribution in [0.3, 0.4) is 0 Å². The summed E-state index contributed by atoms with van der Waals surface area (Å²) in [7, 11) is 5.58. The second-order valence-corrected chi connectivity index (χ2v) is 7.51. The monoisotopic (exact) mass is 459 g/mol. The number of ketones is 1. The number of amides is 1. The Bertz CT molecular complexity index is 1270. The number of benzene rings is 1. The van der Waals surface area contributed by atoms with Crippen LogP contribution in [0.1, 0.15) is 28.4 Å². The molecule has 0 fully saturated rings. The minimum absolute atomic E-state index is 0.00649. The fourth-order valence-electron chi connectivity index (χ4n) is 3.41. The Balaban J connectivity index is 2.07. The largest absolute Gasteiger partial charge is 0.494 e. The molecular formula is C22H25N3O8. The number of ether oxygens (including phenoxy) is 3. The number of likely N-dealkylation sites (N-methyl/N-ethyl adjacent to an activating group) is 1. The van der Waals surface area contributed by atoms with E-state index in [1.807, 2.05) is 0 Å². The van der Waals surface area contributed by atoms with Crippen molar-refractivity contribution in [2.24, 2.45) is 14.1 Å². The van der Waals surface area contributed by atoms with Gasteiger partial charge in [0.25, 0.3) is 5.56 Å². The molecule has 1 amide bonds. The molecule has 0 spiro atoms. The predicted molar refractivity (Wildman–Crippen MR) is 118 cm³/mol. The van der Waals surface area contributed by atoms with Crippen molar-refractivity contribution >= 4 is 17.8 Å². The van der Waals surface area contributed by atoms with Crippen LogP contribution >= 0.6 is 0 Å². The summed E-state index contributed by atoms with van der Waals surface area (Å²) in [5, 5.41) is 10.2. The van der Waals surface area contributed by atoms with Crippen molar-refractivity contribution in [3.63, 3.8) is 0 Å². The third-order valence-electron chi connectivity index (χ3n) is 5.48. The van der Waals surface area contributed by atoms with E-state index in [1.165, 1.54) is 34.2 Å². The molecule has 176 valence electrons. The Kier molecular flexibility index (Phi) is 6.61. The molecule has 1 aromatic heterocycles. The second-order valence-electron chi connectivity index (χ2n) is 7.51. The number of carbonyl (C=O) groups is 2. The van der Waals surface area contributed by atoms with Crippen LogP contribution in [0.25, 0.3) is 6.08 Å². The van der Waals surface area contributed by atoms with Gasteiger partial charge in [-0.25, -0.2) is 4.79 Å². The van der Waals surface area contributed by atoms with Crippen molar-refractivity contribution < 1.29 is 28.9 Å². The van der Waals surface area contributed by atoms with Gasteiger partial charge in [-0.15, -0.1) is 0 Å². The summed E-state index contributed by atoms with van der Waals surface area (Å²) in [6, 6.07) is 1.74. The number of hydrogen-bond acceptors (Lipinski definition) is 8. The molecule has 3 rings (SSSR count). The number of carbonyl (C=O) groups excluding carboxylic acids is 2. The molecule has 0 aliphatic carbocycles. The molecule has 2 heterocycles. The molecule has 0 unspecified atom stereocenters. The molecule has 33 heavy (non-hydrogen) atoms. The van der Waals surface area contributed by atoms with Gasteiger partial charge in [0.2, 0.25) is 24.3 Å². The Morgan fingerprint density at radius 2 is 1.94 bits per heavy atom. The molecule has 11 heteroatoms. The first kappa shape index (κ1) is 23.6. The van der Waals surface area contributed by atoms with Crippen molar-refractivity contribution in [1.82, 2.24) is 14.0 Å². The van der Waals surface area contributed by atoms with Crippen molar-refractivity contribution in [2.75, 3.05) is 27.5 Å². The average Bonchev–Trinajstić information content (AvgIpc) is 3.26. The Morgan fingerprint density at radius 3 is 2.58 bits per heavy atom. The number of rotatable bonds is 7. The summed E-state index contributed by atoms with van der Waals surface area (Å²) in [5.74, 6) is -0.452. The standard InChI is InChI=1S/C22H25N3O8/c1-12(26)23(2)9-8-13-10-16-19(33-11-32-16)18(31-5)14(13)6-7-15(27)17-20(28)24(3)22(30)25(4)21(17)29/h6-7,10,28H,8-9,11H2,1-5H3. The molecule has 2 aromatic rings. The predicted octanol–water partition coefficient (Wildman–Crippen LogP) is 0.444. The number of aromatic hydroxyl groups is 1. The van der Waals surface area contributed by atoms with Crippen LogP contribution in [0.4, 0.5) is 0 Å². The van der Waals surface area contributed by atoms with Crippen molar-refractivity contribution in [1.29, 1.82) is 0 Å². The number of aromatic nitrogens is 2. The highest BCUT2D eigenvalue weighted by Crippen LogP contribution is 2.45. The molecule has 1 aliphatic rings. The summed E-state index contributed by atoms with van der Waals surface area (Å²) in [6.45, 7) is 1.86. The van der Waals surface area contributed by atoms with Crippen LogP contribution in [0.5, 0.6) is 23.1 Å². The third kappa shape index (κ3) is 4.34. The van der Waals surface area contributed by atoms with Crippen LogP contribution < -0.4 is 25.5 Å². The summed E-state index contributed by atoms with van der Waals surface area (Å²) < 4.78 is 18.0. The Labute approximate surface area is 189 Å². The van der Waals surface area contributed by atoms with E-state index in [1.54, 1.807) is 18.0 Å². The van der Waals surface area contributed by atoms with Gasteiger partial charge in [0.05, 0.1) is 7.11 Å². The zero-order chi connectivity index (χ0) is 24.4. The fraction of sp³-hybridized carbons (Fsp3) is 0.364. The molecule has 0 atom stereocenters. The van der Waals surface area contributed by atoms with Crippen molar-refractivity contribution in [2.45, 2.75) is 13.3 Å². The number of hydrogen-bond donors (Lipinski definition) is 1. The second kappa shape index (κ2) is 9.23. The summed E-state index contributed by atoms with van der Waals surface area (Å²) >= 11 is 0. The number of fused-ring (bicyclic) bond motifs is 1. The summed E-state index contributed by atoms with van der Waals surface area (Å²) in [5.41, 5.74) is -0.994. The van der Waals surface area contributed by atoms with E-state index in [9.17, 15) is 24.3 Å². The minimum atomic E-state index is -0.911.